The first kappa shape index (κ1) is 17.1. The van der Waals surface area contributed by atoms with Crippen molar-refractivity contribution in [3.05, 3.63) is 42.2 Å². The molecule has 0 unspecified atom stereocenters. The third-order valence-corrected chi connectivity index (χ3v) is 4.52. The summed E-state index contributed by atoms with van der Waals surface area (Å²) in [6.07, 6.45) is 2.12. The minimum atomic E-state index is -1.22. The number of rotatable bonds is 5. The van der Waals surface area contributed by atoms with Gasteiger partial charge in [-0.15, -0.1) is 5.10 Å². The fourth-order valence-corrected chi connectivity index (χ4v) is 3.37. The van der Waals surface area contributed by atoms with Crippen LogP contribution in [0.5, 0.6) is 0 Å². The molecule has 0 aliphatic heterocycles. The van der Waals surface area contributed by atoms with E-state index in [1.54, 1.807) is 0 Å². The number of benzene rings is 1. The first-order chi connectivity index (χ1) is 11.9. The Balaban J connectivity index is 1.89. The van der Waals surface area contributed by atoms with Crippen molar-refractivity contribution in [1.82, 2.24) is 20.2 Å². The predicted octanol–water partition coefficient (Wildman–Crippen LogP) is 1.60. The number of carbonyl (C=O) groups is 3. The SMILES string of the molecule is CC1(C)CC(=O)C(C(=O)[C@H](Cc2ccccc2)n2cnnn2)C(=O)C1. The van der Waals surface area contributed by atoms with Crippen molar-refractivity contribution in [1.29, 1.82) is 0 Å². The second-order valence-electron chi connectivity index (χ2n) is 7.28. The third-order valence-electron chi connectivity index (χ3n) is 4.52. The average molecular weight is 340 g/mol. The average Bonchev–Trinajstić information content (AvgIpc) is 3.05. The lowest BCUT2D eigenvalue weighted by Crippen LogP contribution is -2.44. The summed E-state index contributed by atoms with van der Waals surface area (Å²) in [5.74, 6) is -2.26. The molecule has 2 aromatic rings. The van der Waals surface area contributed by atoms with Gasteiger partial charge >= 0.3 is 0 Å². The van der Waals surface area contributed by atoms with Gasteiger partial charge in [-0.3, -0.25) is 14.4 Å². The minimum absolute atomic E-state index is 0.225. The van der Waals surface area contributed by atoms with E-state index in [2.05, 4.69) is 15.5 Å². The molecule has 7 heteroatoms. The van der Waals surface area contributed by atoms with Gasteiger partial charge in [0.15, 0.2) is 17.3 Å². The Morgan fingerprint density at radius 1 is 1.20 bits per heavy atom. The summed E-state index contributed by atoms with van der Waals surface area (Å²) >= 11 is 0. The van der Waals surface area contributed by atoms with Crippen LogP contribution in [0.4, 0.5) is 0 Å². The summed E-state index contributed by atoms with van der Waals surface area (Å²) in [5.41, 5.74) is 0.515. The van der Waals surface area contributed by atoms with Crippen LogP contribution in [-0.4, -0.2) is 37.6 Å². The molecule has 0 amide bonds. The highest BCUT2D eigenvalue weighted by Gasteiger charge is 2.45. The lowest BCUT2D eigenvalue weighted by Gasteiger charge is -2.32. The van der Waals surface area contributed by atoms with Crippen LogP contribution in [-0.2, 0) is 20.8 Å². The molecule has 0 radical (unpaired) electrons. The molecule has 0 bridgehead atoms. The fraction of sp³-hybridized carbons (Fsp3) is 0.444. The zero-order valence-corrected chi connectivity index (χ0v) is 14.3. The van der Waals surface area contributed by atoms with Crippen LogP contribution in [0.2, 0.25) is 0 Å². The van der Waals surface area contributed by atoms with Gasteiger partial charge in [-0.05, 0) is 21.4 Å². The zero-order chi connectivity index (χ0) is 18.0. The van der Waals surface area contributed by atoms with E-state index in [1.165, 1.54) is 11.0 Å². The molecule has 1 aliphatic rings. The molecule has 0 saturated heterocycles. The lowest BCUT2D eigenvalue weighted by molar-refractivity contribution is -0.146. The van der Waals surface area contributed by atoms with Crippen LogP contribution in [0.15, 0.2) is 36.7 Å². The Morgan fingerprint density at radius 3 is 2.40 bits per heavy atom. The Bertz CT molecular complexity index is 764. The normalized spacial score (nSPS) is 19.0. The van der Waals surface area contributed by atoms with Crippen molar-refractivity contribution < 1.29 is 14.4 Å². The molecule has 0 N–H and O–H groups in total. The predicted molar refractivity (Wildman–Crippen MR) is 88.5 cm³/mol. The maximum absolute atomic E-state index is 13.1. The van der Waals surface area contributed by atoms with Gasteiger partial charge in [-0.2, -0.15) is 0 Å². The van der Waals surface area contributed by atoms with Gasteiger partial charge in [-0.25, -0.2) is 4.68 Å². The maximum Gasteiger partial charge on any atom is 0.175 e. The molecular weight excluding hydrogens is 320 g/mol. The molecular formula is C18H20N4O3. The minimum Gasteiger partial charge on any atom is -0.298 e. The number of ketones is 3. The van der Waals surface area contributed by atoms with Crippen molar-refractivity contribution in [3.63, 3.8) is 0 Å². The van der Waals surface area contributed by atoms with Crippen molar-refractivity contribution in [3.8, 4) is 0 Å². The van der Waals surface area contributed by atoms with Gasteiger partial charge in [-0.1, -0.05) is 44.2 Å². The van der Waals surface area contributed by atoms with Crippen molar-refractivity contribution in [2.24, 2.45) is 11.3 Å². The highest BCUT2D eigenvalue weighted by molar-refractivity contribution is 6.21. The monoisotopic (exact) mass is 340 g/mol. The number of hydrogen-bond donors (Lipinski definition) is 0. The molecule has 1 atom stereocenters. The Kier molecular flexibility index (Phi) is 4.57. The van der Waals surface area contributed by atoms with Crippen molar-refractivity contribution >= 4 is 17.3 Å². The second kappa shape index (κ2) is 6.66. The molecule has 1 heterocycles. The summed E-state index contributed by atoms with van der Waals surface area (Å²) < 4.78 is 1.33. The van der Waals surface area contributed by atoms with Crippen molar-refractivity contribution in [2.45, 2.75) is 39.2 Å². The fourth-order valence-electron chi connectivity index (χ4n) is 3.37. The molecule has 1 aromatic carbocycles. The first-order valence-electron chi connectivity index (χ1n) is 8.23. The number of nitrogens with zero attached hydrogens (tertiary/aromatic N) is 4. The summed E-state index contributed by atoms with van der Waals surface area (Å²) in [5, 5.41) is 11.0. The Hall–Kier alpha value is -2.70. The van der Waals surface area contributed by atoms with Crippen LogP contribution < -0.4 is 0 Å². The number of tetrazole rings is 1. The molecule has 1 aromatic heterocycles. The van der Waals surface area contributed by atoms with Gasteiger partial charge in [0.25, 0.3) is 0 Å². The number of aromatic nitrogens is 4. The number of hydrogen-bond acceptors (Lipinski definition) is 6. The van der Waals surface area contributed by atoms with Crippen LogP contribution in [0.1, 0.15) is 38.3 Å². The number of carbonyl (C=O) groups excluding carboxylic acids is 3. The number of Topliss-reactive ketones (excluding diaryl/α,β-unsaturated/α-hetero) is 3. The van der Waals surface area contributed by atoms with Crippen LogP contribution in [0.25, 0.3) is 0 Å². The van der Waals surface area contributed by atoms with Crippen LogP contribution in [0, 0.1) is 11.3 Å². The molecule has 7 nitrogen and oxygen atoms in total. The van der Waals surface area contributed by atoms with E-state index >= 15 is 0 Å². The Labute approximate surface area is 145 Å². The van der Waals surface area contributed by atoms with E-state index in [1.807, 2.05) is 44.2 Å². The molecule has 130 valence electrons. The Morgan fingerprint density at radius 2 is 1.84 bits per heavy atom. The van der Waals surface area contributed by atoms with Gasteiger partial charge in [0.05, 0.1) is 0 Å². The van der Waals surface area contributed by atoms with E-state index in [-0.39, 0.29) is 24.4 Å². The largest absolute Gasteiger partial charge is 0.298 e. The molecule has 25 heavy (non-hydrogen) atoms. The summed E-state index contributed by atoms with van der Waals surface area (Å²) in [4.78, 5) is 38.0. The van der Waals surface area contributed by atoms with Gasteiger partial charge < -0.3 is 0 Å². The highest BCUT2D eigenvalue weighted by atomic mass is 16.2. The molecule has 1 saturated carbocycles. The molecule has 1 aliphatic carbocycles. The summed E-state index contributed by atoms with van der Waals surface area (Å²) in [6, 6.07) is 8.62. The van der Waals surface area contributed by atoms with E-state index in [4.69, 9.17) is 0 Å². The molecule has 3 rings (SSSR count). The first-order valence-corrected chi connectivity index (χ1v) is 8.23. The standard InChI is InChI=1S/C18H20N4O3/c1-18(2)9-14(23)16(15(24)10-18)17(25)13(22-11-19-20-21-22)8-12-6-4-3-5-7-12/h3-7,11,13,16H,8-10H2,1-2H3/t13-/m0/s1. The lowest BCUT2D eigenvalue weighted by atomic mass is 9.69. The summed E-state index contributed by atoms with van der Waals surface area (Å²) in [7, 11) is 0. The summed E-state index contributed by atoms with van der Waals surface area (Å²) in [6.45, 7) is 3.73. The third kappa shape index (κ3) is 3.70. The van der Waals surface area contributed by atoms with E-state index in [9.17, 15) is 14.4 Å². The van der Waals surface area contributed by atoms with Crippen molar-refractivity contribution in [2.75, 3.05) is 0 Å². The maximum atomic E-state index is 13.1. The van der Waals surface area contributed by atoms with E-state index in [0.29, 0.717) is 6.42 Å². The van der Waals surface area contributed by atoms with E-state index < -0.39 is 23.2 Å². The second-order valence-corrected chi connectivity index (χ2v) is 7.28. The topological polar surface area (TPSA) is 94.8 Å². The van der Waals surface area contributed by atoms with Crippen LogP contribution >= 0.6 is 0 Å². The van der Waals surface area contributed by atoms with Gasteiger partial charge in [0.2, 0.25) is 0 Å². The quantitative estimate of drug-likeness (QED) is 0.767. The van der Waals surface area contributed by atoms with Gasteiger partial charge in [0.1, 0.15) is 18.3 Å². The van der Waals surface area contributed by atoms with Gasteiger partial charge in [0, 0.05) is 19.3 Å². The molecule has 1 fully saturated rings. The molecule has 0 spiro atoms. The van der Waals surface area contributed by atoms with E-state index in [0.717, 1.165) is 5.56 Å². The highest BCUT2D eigenvalue weighted by Crippen LogP contribution is 2.35. The zero-order valence-electron chi connectivity index (χ0n) is 14.3. The smallest absolute Gasteiger partial charge is 0.175 e. The van der Waals surface area contributed by atoms with Crippen LogP contribution in [0.3, 0.4) is 0 Å².